The van der Waals surface area contributed by atoms with Crippen molar-refractivity contribution in [3.63, 3.8) is 0 Å². The third-order valence-corrected chi connectivity index (χ3v) is 6.46. The Morgan fingerprint density at radius 2 is 2.00 bits per heavy atom. The highest BCUT2D eigenvalue weighted by molar-refractivity contribution is 7.99. The minimum absolute atomic E-state index is 0.143. The normalized spacial score (nSPS) is 14.7. The summed E-state index contributed by atoms with van der Waals surface area (Å²) in [6.45, 7) is 5.68. The number of aromatic nitrogens is 3. The third-order valence-electron chi connectivity index (χ3n) is 5.53. The number of para-hydroxylation sites is 1. The predicted molar refractivity (Wildman–Crippen MR) is 130 cm³/mol. The van der Waals surface area contributed by atoms with Crippen molar-refractivity contribution in [3.05, 3.63) is 53.6 Å². The number of ether oxygens (including phenoxy) is 2. The molecule has 0 aliphatic carbocycles. The smallest absolute Gasteiger partial charge is 0.247 e. The molecule has 0 saturated carbocycles. The number of nitrogens with zero attached hydrogens (tertiary/aromatic N) is 4. The first-order valence-electron chi connectivity index (χ1n) is 11.1. The topological polar surface area (TPSA) is 77.4 Å². The summed E-state index contributed by atoms with van der Waals surface area (Å²) in [7, 11) is 1.64. The molecule has 1 aromatic heterocycles. The molecule has 0 saturated heterocycles. The molecule has 0 radical (unpaired) electrons. The largest absolute Gasteiger partial charge is 0.496 e. The highest BCUT2D eigenvalue weighted by Gasteiger charge is 2.34. The Balaban J connectivity index is 1.80. The van der Waals surface area contributed by atoms with E-state index in [1.807, 2.05) is 49.4 Å². The fraction of sp³-hybridized carbons (Fsp3) is 0.360. The van der Waals surface area contributed by atoms with Crippen LogP contribution in [0.25, 0.3) is 11.3 Å². The first-order chi connectivity index (χ1) is 16.0. The van der Waals surface area contributed by atoms with Crippen molar-refractivity contribution < 1.29 is 14.3 Å². The number of rotatable bonds is 7. The molecule has 0 N–H and O–H groups in total. The molecule has 1 unspecified atom stereocenters. The maximum Gasteiger partial charge on any atom is 0.247 e. The second-order valence-electron chi connectivity index (χ2n) is 7.91. The number of anilines is 1. The van der Waals surface area contributed by atoms with Gasteiger partial charge in [-0.05, 0) is 43.2 Å². The van der Waals surface area contributed by atoms with Gasteiger partial charge in [0.2, 0.25) is 23.2 Å². The fourth-order valence-electron chi connectivity index (χ4n) is 3.90. The van der Waals surface area contributed by atoms with E-state index in [-0.39, 0.29) is 5.91 Å². The number of aryl methyl sites for hydroxylation is 1. The van der Waals surface area contributed by atoms with E-state index in [1.165, 1.54) is 13.3 Å². The second kappa shape index (κ2) is 10.2. The van der Waals surface area contributed by atoms with Crippen molar-refractivity contribution in [2.24, 2.45) is 0 Å². The van der Waals surface area contributed by atoms with Gasteiger partial charge >= 0.3 is 0 Å². The van der Waals surface area contributed by atoms with E-state index < -0.39 is 6.23 Å². The van der Waals surface area contributed by atoms with Crippen LogP contribution in [0.2, 0.25) is 0 Å². The zero-order chi connectivity index (χ0) is 23.4. The molecule has 1 amide bonds. The van der Waals surface area contributed by atoms with E-state index in [2.05, 4.69) is 17.1 Å². The average molecular weight is 465 g/mol. The number of amides is 1. The summed E-state index contributed by atoms with van der Waals surface area (Å²) in [5, 5.41) is 9.38. The van der Waals surface area contributed by atoms with Crippen molar-refractivity contribution in [1.29, 1.82) is 0 Å². The molecule has 1 aliphatic rings. The van der Waals surface area contributed by atoms with Gasteiger partial charge in [-0.25, -0.2) is 0 Å². The van der Waals surface area contributed by atoms with Gasteiger partial charge in [0, 0.05) is 23.8 Å². The molecule has 0 fully saturated rings. The first kappa shape index (κ1) is 23.0. The molecular weight excluding hydrogens is 436 g/mol. The molecule has 3 aromatic rings. The van der Waals surface area contributed by atoms with Crippen LogP contribution in [0.3, 0.4) is 0 Å². The Labute approximate surface area is 198 Å². The molecule has 33 heavy (non-hydrogen) atoms. The molecular formula is C25H28N4O3S. The second-order valence-corrected chi connectivity index (χ2v) is 8.97. The molecule has 2 aromatic carbocycles. The van der Waals surface area contributed by atoms with Gasteiger partial charge < -0.3 is 9.47 Å². The molecule has 1 atom stereocenters. The minimum atomic E-state index is -0.704. The van der Waals surface area contributed by atoms with Crippen LogP contribution >= 0.6 is 11.8 Å². The lowest BCUT2D eigenvalue weighted by molar-refractivity contribution is -0.118. The number of hydrogen-bond donors (Lipinski definition) is 0. The van der Waals surface area contributed by atoms with E-state index in [4.69, 9.17) is 14.5 Å². The quantitative estimate of drug-likeness (QED) is 0.333. The Morgan fingerprint density at radius 1 is 1.18 bits per heavy atom. The number of fused-ring (bicyclic) bond motifs is 3. The molecule has 172 valence electrons. The highest BCUT2D eigenvalue weighted by Crippen LogP contribution is 2.43. The molecule has 2 heterocycles. The van der Waals surface area contributed by atoms with Gasteiger partial charge in [-0.3, -0.25) is 9.69 Å². The number of methoxy groups -OCH3 is 1. The predicted octanol–water partition coefficient (Wildman–Crippen LogP) is 5.58. The van der Waals surface area contributed by atoms with Gasteiger partial charge in [0.15, 0.2) is 5.69 Å². The van der Waals surface area contributed by atoms with Crippen molar-refractivity contribution in [1.82, 2.24) is 15.2 Å². The molecule has 7 nitrogen and oxygen atoms in total. The van der Waals surface area contributed by atoms with Crippen LogP contribution in [0.1, 0.15) is 50.5 Å². The first-order valence-corrected chi connectivity index (χ1v) is 12.1. The maximum absolute atomic E-state index is 12.9. The van der Waals surface area contributed by atoms with E-state index >= 15 is 0 Å². The Kier molecular flexibility index (Phi) is 7.13. The molecule has 0 spiro atoms. The van der Waals surface area contributed by atoms with Crippen LogP contribution in [0.5, 0.6) is 11.6 Å². The molecule has 8 heteroatoms. The summed E-state index contributed by atoms with van der Waals surface area (Å²) < 4.78 is 11.8. The number of benzene rings is 2. The van der Waals surface area contributed by atoms with Crippen molar-refractivity contribution in [3.8, 4) is 22.9 Å². The van der Waals surface area contributed by atoms with Gasteiger partial charge in [0.25, 0.3) is 0 Å². The summed E-state index contributed by atoms with van der Waals surface area (Å²) in [6.07, 6.45) is 2.72. The van der Waals surface area contributed by atoms with Crippen LogP contribution in [0.4, 0.5) is 5.69 Å². The SMILES string of the molecule is CCCCCSc1nnc2c(n1)OC(c1ccc(OC)c(C)c1)N(C(C)=O)c1ccccc1-2. The highest BCUT2D eigenvalue weighted by atomic mass is 32.2. The number of thioether (sulfide) groups is 1. The summed E-state index contributed by atoms with van der Waals surface area (Å²) >= 11 is 1.57. The molecule has 4 rings (SSSR count). The van der Waals surface area contributed by atoms with E-state index in [0.717, 1.165) is 41.0 Å². The number of hydrogen-bond acceptors (Lipinski definition) is 7. The van der Waals surface area contributed by atoms with Gasteiger partial charge in [-0.1, -0.05) is 49.7 Å². The summed E-state index contributed by atoms with van der Waals surface area (Å²) in [5.41, 5.74) is 3.77. The van der Waals surface area contributed by atoms with Crippen molar-refractivity contribution >= 4 is 23.4 Å². The Morgan fingerprint density at radius 3 is 2.73 bits per heavy atom. The minimum Gasteiger partial charge on any atom is -0.496 e. The third kappa shape index (κ3) is 4.80. The van der Waals surface area contributed by atoms with E-state index in [1.54, 1.807) is 23.8 Å². The molecule has 1 aliphatic heterocycles. The maximum atomic E-state index is 12.9. The lowest BCUT2D eigenvalue weighted by Crippen LogP contribution is -2.36. The van der Waals surface area contributed by atoms with Crippen LogP contribution < -0.4 is 14.4 Å². The van der Waals surface area contributed by atoms with E-state index in [9.17, 15) is 4.79 Å². The van der Waals surface area contributed by atoms with Gasteiger partial charge in [0.1, 0.15) is 5.75 Å². The van der Waals surface area contributed by atoms with Crippen molar-refractivity contribution in [2.45, 2.75) is 51.4 Å². The zero-order valence-corrected chi connectivity index (χ0v) is 20.2. The summed E-state index contributed by atoms with van der Waals surface area (Å²) in [5.74, 6) is 1.93. The van der Waals surface area contributed by atoms with Crippen LogP contribution in [0.15, 0.2) is 47.6 Å². The van der Waals surface area contributed by atoms with Gasteiger partial charge in [0.05, 0.1) is 12.8 Å². The van der Waals surface area contributed by atoms with Crippen LogP contribution in [-0.2, 0) is 4.79 Å². The van der Waals surface area contributed by atoms with Gasteiger partial charge in [-0.2, -0.15) is 4.98 Å². The van der Waals surface area contributed by atoms with Crippen LogP contribution in [0, 0.1) is 6.92 Å². The lowest BCUT2D eigenvalue weighted by atomic mass is 10.1. The van der Waals surface area contributed by atoms with Crippen molar-refractivity contribution in [2.75, 3.05) is 17.8 Å². The number of carbonyl (C=O) groups is 1. The Bertz CT molecular complexity index is 1150. The monoisotopic (exact) mass is 464 g/mol. The summed E-state index contributed by atoms with van der Waals surface area (Å²) in [4.78, 5) is 19.2. The van der Waals surface area contributed by atoms with E-state index in [0.29, 0.717) is 22.4 Å². The Hall–Kier alpha value is -3.13. The zero-order valence-electron chi connectivity index (χ0n) is 19.4. The summed E-state index contributed by atoms with van der Waals surface area (Å²) in [6, 6.07) is 13.4. The lowest BCUT2D eigenvalue weighted by Gasteiger charge is -2.30. The standard InChI is InChI=1S/C25H28N4O3S/c1-5-6-9-14-33-25-26-23-22(27-28-25)19-10-7-8-11-20(19)29(17(3)30)24(32-23)18-12-13-21(31-4)16(2)15-18/h7-8,10-13,15,24H,5-6,9,14H2,1-4H3. The average Bonchev–Trinajstić information content (AvgIpc) is 2.96. The molecule has 0 bridgehead atoms. The van der Waals surface area contributed by atoms with Gasteiger partial charge in [-0.15, -0.1) is 10.2 Å². The number of unbranched alkanes of at least 4 members (excludes halogenated alkanes) is 2. The van der Waals surface area contributed by atoms with Crippen LogP contribution in [-0.4, -0.2) is 34.0 Å². The fourth-order valence-corrected chi connectivity index (χ4v) is 4.68. The number of carbonyl (C=O) groups excluding carboxylic acids is 1.